The first kappa shape index (κ1) is 13.8. The highest BCUT2D eigenvalue weighted by molar-refractivity contribution is 7.90. The number of hydrogen-bond acceptors (Lipinski definition) is 3. The summed E-state index contributed by atoms with van der Waals surface area (Å²) in [5.41, 5.74) is 0.801. The molecule has 1 saturated carbocycles. The minimum absolute atomic E-state index is 0.105. The third-order valence-electron chi connectivity index (χ3n) is 2.94. The summed E-state index contributed by atoms with van der Waals surface area (Å²) < 4.78 is 23.8. The Bertz CT molecular complexity index is 480. The van der Waals surface area contributed by atoms with Gasteiger partial charge in [0.15, 0.2) is 9.84 Å². The lowest BCUT2D eigenvalue weighted by atomic mass is 10.2. The Hall–Kier alpha value is -0.580. The molecular weight excluding hydrogens is 270 g/mol. The van der Waals surface area contributed by atoms with E-state index in [4.69, 9.17) is 11.6 Å². The number of hydrogen-bond donors (Lipinski definition) is 1. The Labute approximate surface area is 113 Å². The number of benzene rings is 1. The lowest BCUT2D eigenvalue weighted by Gasteiger charge is -2.05. The van der Waals surface area contributed by atoms with Crippen LogP contribution in [0.3, 0.4) is 0 Å². The van der Waals surface area contributed by atoms with E-state index in [1.54, 1.807) is 24.3 Å². The maximum Gasteiger partial charge on any atom is 0.154 e. The van der Waals surface area contributed by atoms with Crippen molar-refractivity contribution in [1.29, 1.82) is 0 Å². The van der Waals surface area contributed by atoms with Crippen molar-refractivity contribution in [3.05, 3.63) is 34.9 Å². The van der Waals surface area contributed by atoms with Crippen LogP contribution in [0.4, 0.5) is 0 Å². The largest absolute Gasteiger partial charge is 0.314 e. The highest BCUT2D eigenvalue weighted by Crippen LogP contribution is 2.18. The van der Waals surface area contributed by atoms with E-state index in [2.05, 4.69) is 5.32 Å². The van der Waals surface area contributed by atoms with E-state index in [1.165, 1.54) is 12.8 Å². The average Bonchev–Trinajstić information content (AvgIpc) is 3.11. The van der Waals surface area contributed by atoms with E-state index in [0.717, 1.165) is 12.1 Å². The summed E-state index contributed by atoms with van der Waals surface area (Å²) in [5.74, 6) is 0.350. The van der Waals surface area contributed by atoms with Crippen LogP contribution >= 0.6 is 11.6 Å². The molecule has 3 nitrogen and oxygen atoms in total. The summed E-state index contributed by atoms with van der Waals surface area (Å²) in [6.45, 7) is 0.796. The Kier molecular flexibility index (Phi) is 4.65. The molecule has 0 unspecified atom stereocenters. The molecule has 1 N–H and O–H groups in total. The molecule has 1 aliphatic rings. The van der Waals surface area contributed by atoms with Crippen LogP contribution in [0.1, 0.15) is 24.8 Å². The van der Waals surface area contributed by atoms with Gasteiger partial charge >= 0.3 is 0 Å². The molecule has 2 rings (SSSR count). The van der Waals surface area contributed by atoms with Gasteiger partial charge < -0.3 is 5.32 Å². The molecule has 0 saturated heterocycles. The van der Waals surface area contributed by atoms with Gasteiger partial charge in [0.1, 0.15) is 0 Å². The Morgan fingerprint density at radius 2 is 1.89 bits per heavy atom. The maximum absolute atomic E-state index is 11.9. The second-order valence-electron chi connectivity index (χ2n) is 4.80. The highest BCUT2D eigenvalue weighted by Gasteiger charge is 2.20. The molecule has 0 atom stereocenters. The van der Waals surface area contributed by atoms with Crippen LogP contribution in [0.25, 0.3) is 0 Å². The minimum Gasteiger partial charge on any atom is -0.314 e. The SMILES string of the molecule is O=S(=O)(CCCNC1CC1)Cc1ccc(Cl)cc1. The van der Waals surface area contributed by atoms with Crippen molar-refractivity contribution in [3.8, 4) is 0 Å². The molecule has 0 bridgehead atoms. The van der Waals surface area contributed by atoms with Crippen molar-refractivity contribution in [2.75, 3.05) is 12.3 Å². The van der Waals surface area contributed by atoms with Gasteiger partial charge in [-0.05, 0) is 43.5 Å². The van der Waals surface area contributed by atoms with E-state index in [0.29, 0.717) is 17.5 Å². The summed E-state index contributed by atoms with van der Waals surface area (Å²) >= 11 is 5.76. The van der Waals surface area contributed by atoms with Crippen molar-refractivity contribution in [1.82, 2.24) is 5.32 Å². The fourth-order valence-electron chi connectivity index (χ4n) is 1.79. The molecule has 0 radical (unpaired) electrons. The second-order valence-corrected chi connectivity index (χ2v) is 7.42. The molecule has 0 spiro atoms. The molecular formula is C13H18ClNO2S. The van der Waals surface area contributed by atoms with Gasteiger partial charge in [-0.3, -0.25) is 0 Å². The normalized spacial score (nSPS) is 15.8. The molecule has 0 heterocycles. The highest BCUT2D eigenvalue weighted by atomic mass is 35.5. The number of sulfone groups is 1. The van der Waals surface area contributed by atoms with Gasteiger partial charge in [0.05, 0.1) is 11.5 Å². The third-order valence-corrected chi connectivity index (χ3v) is 4.88. The van der Waals surface area contributed by atoms with Crippen LogP contribution in [-0.4, -0.2) is 26.8 Å². The summed E-state index contributed by atoms with van der Waals surface area (Å²) in [6, 6.07) is 7.62. The molecule has 18 heavy (non-hydrogen) atoms. The standard InChI is InChI=1S/C13H18ClNO2S/c14-12-4-2-11(3-5-12)10-18(16,17)9-1-8-15-13-6-7-13/h2-5,13,15H,1,6-10H2. The number of rotatable bonds is 7. The van der Waals surface area contributed by atoms with Crippen LogP contribution in [0.15, 0.2) is 24.3 Å². The van der Waals surface area contributed by atoms with E-state index < -0.39 is 9.84 Å². The van der Waals surface area contributed by atoms with E-state index >= 15 is 0 Å². The Morgan fingerprint density at radius 3 is 2.50 bits per heavy atom. The first-order valence-corrected chi connectivity index (χ1v) is 8.43. The predicted octanol–water partition coefficient (Wildman–Crippen LogP) is 2.40. The van der Waals surface area contributed by atoms with Gasteiger partial charge in [-0.1, -0.05) is 23.7 Å². The Morgan fingerprint density at radius 1 is 1.22 bits per heavy atom. The van der Waals surface area contributed by atoms with Gasteiger partial charge in [0.2, 0.25) is 0 Å². The maximum atomic E-state index is 11.9. The first-order valence-electron chi connectivity index (χ1n) is 6.23. The third kappa shape index (κ3) is 4.96. The summed E-state index contributed by atoms with van der Waals surface area (Å²) in [5, 5.41) is 3.95. The van der Waals surface area contributed by atoms with Crippen molar-refractivity contribution >= 4 is 21.4 Å². The van der Waals surface area contributed by atoms with Crippen LogP contribution < -0.4 is 5.32 Å². The molecule has 1 aliphatic carbocycles. The van der Waals surface area contributed by atoms with E-state index in [1.807, 2.05) is 0 Å². The molecule has 0 aromatic heterocycles. The zero-order chi connectivity index (χ0) is 13.0. The Balaban J connectivity index is 1.76. The second kappa shape index (κ2) is 6.04. The van der Waals surface area contributed by atoms with Gasteiger partial charge in [-0.2, -0.15) is 0 Å². The summed E-state index contributed by atoms with van der Waals surface area (Å²) in [4.78, 5) is 0. The topological polar surface area (TPSA) is 46.2 Å². The monoisotopic (exact) mass is 287 g/mol. The van der Waals surface area contributed by atoms with Gasteiger partial charge in [0, 0.05) is 11.1 Å². The fraction of sp³-hybridized carbons (Fsp3) is 0.538. The van der Waals surface area contributed by atoms with Crippen molar-refractivity contribution in [2.45, 2.75) is 31.1 Å². The average molecular weight is 288 g/mol. The van der Waals surface area contributed by atoms with Crippen molar-refractivity contribution in [3.63, 3.8) is 0 Å². The van der Waals surface area contributed by atoms with Gasteiger partial charge in [-0.25, -0.2) is 8.42 Å². The van der Waals surface area contributed by atoms with Crippen LogP contribution in [0.5, 0.6) is 0 Å². The molecule has 0 amide bonds. The number of halogens is 1. The molecule has 100 valence electrons. The van der Waals surface area contributed by atoms with E-state index in [9.17, 15) is 8.42 Å². The zero-order valence-corrected chi connectivity index (χ0v) is 11.8. The van der Waals surface area contributed by atoms with Gasteiger partial charge in [-0.15, -0.1) is 0 Å². The van der Waals surface area contributed by atoms with Crippen molar-refractivity contribution in [2.24, 2.45) is 0 Å². The van der Waals surface area contributed by atoms with Crippen LogP contribution in [-0.2, 0) is 15.6 Å². The van der Waals surface area contributed by atoms with Gasteiger partial charge in [0.25, 0.3) is 0 Å². The van der Waals surface area contributed by atoms with Crippen LogP contribution in [0, 0.1) is 0 Å². The lowest BCUT2D eigenvalue weighted by molar-refractivity contribution is 0.587. The molecule has 1 fully saturated rings. The zero-order valence-electron chi connectivity index (χ0n) is 10.2. The first-order chi connectivity index (χ1) is 8.55. The van der Waals surface area contributed by atoms with Crippen LogP contribution in [0.2, 0.25) is 5.02 Å². The molecule has 1 aromatic carbocycles. The quantitative estimate of drug-likeness (QED) is 0.783. The van der Waals surface area contributed by atoms with Crippen molar-refractivity contribution < 1.29 is 8.42 Å². The predicted molar refractivity (Wildman–Crippen MR) is 74.6 cm³/mol. The smallest absolute Gasteiger partial charge is 0.154 e. The molecule has 0 aliphatic heterocycles. The number of nitrogens with one attached hydrogen (secondary N) is 1. The lowest BCUT2D eigenvalue weighted by Crippen LogP contribution is -2.20. The fourth-order valence-corrected chi connectivity index (χ4v) is 3.35. The summed E-state index contributed by atoms with van der Waals surface area (Å²) in [7, 11) is -3.01. The molecule has 1 aromatic rings. The summed E-state index contributed by atoms with van der Waals surface area (Å²) in [6.07, 6.45) is 3.15. The minimum atomic E-state index is -3.01. The molecule has 5 heteroatoms. The van der Waals surface area contributed by atoms with E-state index in [-0.39, 0.29) is 11.5 Å².